The molecule has 1 N–H and O–H groups in total. The zero-order chi connectivity index (χ0) is 19.8. The summed E-state index contributed by atoms with van der Waals surface area (Å²) in [5.41, 5.74) is 3.72. The van der Waals surface area contributed by atoms with Crippen LogP contribution in [0.4, 0.5) is 11.4 Å². The van der Waals surface area contributed by atoms with E-state index in [0.29, 0.717) is 5.92 Å². The minimum absolute atomic E-state index is 0.0267. The van der Waals surface area contributed by atoms with Gasteiger partial charge in [-0.15, -0.1) is 0 Å². The van der Waals surface area contributed by atoms with Gasteiger partial charge in [-0.1, -0.05) is 24.3 Å². The Morgan fingerprint density at radius 3 is 2.72 bits per heavy atom. The summed E-state index contributed by atoms with van der Waals surface area (Å²) in [4.78, 5) is 18.1. The van der Waals surface area contributed by atoms with Crippen LogP contribution < -0.4 is 19.9 Å². The average Bonchev–Trinajstić information content (AvgIpc) is 3.61. The van der Waals surface area contributed by atoms with Gasteiger partial charge in [-0.3, -0.25) is 4.79 Å². The first-order valence-corrected chi connectivity index (χ1v) is 10.7. The molecular formula is C24H29N3O2. The number of anilines is 2. The fourth-order valence-corrected chi connectivity index (χ4v) is 4.78. The van der Waals surface area contributed by atoms with Gasteiger partial charge in [0.15, 0.2) is 0 Å². The number of ether oxygens (including phenoxy) is 1. The molecule has 2 fully saturated rings. The molecule has 2 heterocycles. The summed E-state index contributed by atoms with van der Waals surface area (Å²) in [6.07, 6.45) is 3.30. The second-order valence-corrected chi connectivity index (χ2v) is 8.54. The van der Waals surface area contributed by atoms with Crippen LogP contribution >= 0.6 is 0 Å². The van der Waals surface area contributed by atoms with Crippen LogP contribution in [0.3, 0.4) is 0 Å². The molecule has 1 aliphatic carbocycles. The molecule has 5 heteroatoms. The van der Waals surface area contributed by atoms with Crippen molar-refractivity contribution < 1.29 is 9.53 Å². The van der Waals surface area contributed by atoms with Gasteiger partial charge in [-0.2, -0.15) is 0 Å². The van der Waals surface area contributed by atoms with Crippen molar-refractivity contribution in [2.75, 3.05) is 43.1 Å². The Balaban J connectivity index is 1.44. The Morgan fingerprint density at radius 2 is 1.97 bits per heavy atom. The number of carbonyl (C=O) groups is 1. The van der Waals surface area contributed by atoms with Crippen molar-refractivity contribution in [1.82, 2.24) is 5.32 Å². The van der Waals surface area contributed by atoms with E-state index in [4.69, 9.17) is 4.74 Å². The summed E-state index contributed by atoms with van der Waals surface area (Å²) in [5, 5.41) is 3.25. The Hall–Kier alpha value is -2.69. The normalized spacial score (nSPS) is 23.2. The number of para-hydroxylation sites is 1. The van der Waals surface area contributed by atoms with Gasteiger partial charge in [0.2, 0.25) is 5.91 Å². The first-order chi connectivity index (χ1) is 14.2. The zero-order valence-corrected chi connectivity index (χ0v) is 17.0. The van der Waals surface area contributed by atoms with Crippen LogP contribution in [0.25, 0.3) is 0 Å². The highest BCUT2D eigenvalue weighted by atomic mass is 16.5. The maximum atomic E-state index is 13.2. The van der Waals surface area contributed by atoms with Crippen LogP contribution in [0.15, 0.2) is 48.5 Å². The lowest BCUT2D eigenvalue weighted by atomic mass is 9.83. The predicted octanol–water partition coefficient (Wildman–Crippen LogP) is 3.09. The van der Waals surface area contributed by atoms with Crippen molar-refractivity contribution in [3.63, 3.8) is 0 Å². The number of piperazine rings is 1. The zero-order valence-electron chi connectivity index (χ0n) is 17.0. The van der Waals surface area contributed by atoms with Gasteiger partial charge in [0.05, 0.1) is 19.1 Å². The number of hydrogen-bond acceptors (Lipinski definition) is 4. The molecule has 2 aromatic rings. The number of nitrogens with zero attached hydrogens (tertiary/aromatic N) is 2. The number of rotatable bonds is 5. The van der Waals surface area contributed by atoms with E-state index in [1.807, 2.05) is 6.07 Å². The lowest BCUT2D eigenvalue weighted by Crippen LogP contribution is -2.61. The van der Waals surface area contributed by atoms with Crippen molar-refractivity contribution in [1.29, 1.82) is 0 Å². The van der Waals surface area contributed by atoms with E-state index in [0.717, 1.165) is 38.3 Å². The first kappa shape index (κ1) is 18.3. The van der Waals surface area contributed by atoms with Gasteiger partial charge in [-0.05, 0) is 48.9 Å². The topological polar surface area (TPSA) is 44.8 Å². The van der Waals surface area contributed by atoms with Crippen molar-refractivity contribution >= 4 is 17.3 Å². The molecule has 2 atom stereocenters. The molecule has 3 aliphatic rings. The molecule has 2 aromatic carbocycles. The number of methoxy groups -OCH3 is 1. The van der Waals surface area contributed by atoms with Gasteiger partial charge < -0.3 is 19.9 Å². The van der Waals surface area contributed by atoms with Gasteiger partial charge in [-0.25, -0.2) is 0 Å². The summed E-state index contributed by atoms with van der Waals surface area (Å²) in [6.45, 7) is 3.56. The molecule has 5 rings (SSSR count). The highest BCUT2D eigenvalue weighted by molar-refractivity contribution is 5.82. The molecule has 29 heavy (non-hydrogen) atoms. The molecule has 0 aromatic heterocycles. The van der Waals surface area contributed by atoms with Crippen molar-refractivity contribution in [2.24, 2.45) is 11.8 Å². The van der Waals surface area contributed by atoms with Crippen LogP contribution in [-0.2, 0) is 11.2 Å². The molecule has 1 amide bonds. The van der Waals surface area contributed by atoms with Crippen molar-refractivity contribution in [3.05, 3.63) is 54.1 Å². The summed E-state index contributed by atoms with van der Waals surface area (Å²) >= 11 is 0. The Kier molecular flexibility index (Phi) is 4.82. The number of fused-ring (bicyclic) bond motifs is 3. The standard InChI is InChI=1S/C24H29N3O2/c1-29-20-10-9-18-13-21(24(28)25-15-17-7-8-17)23-16-26(19-5-3-2-4-6-19)11-12-27(23)22(18)14-20/h2-6,9-10,14,17,21,23H,7-8,11-13,15-16H2,1H3,(H,25,28)/t21-,23+/m1/s1. The first-order valence-electron chi connectivity index (χ1n) is 10.7. The summed E-state index contributed by atoms with van der Waals surface area (Å²) in [7, 11) is 1.71. The highest BCUT2D eigenvalue weighted by Crippen LogP contribution is 2.39. The Bertz CT molecular complexity index is 881. The minimum atomic E-state index is -0.0267. The van der Waals surface area contributed by atoms with E-state index in [2.05, 4.69) is 57.6 Å². The van der Waals surface area contributed by atoms with E-state index in [9.17, 15) is 4.79 Å². The largest absolute Gasteiger partial charge is 0.497 e. The predicted molar refractivity (Wildman–Crippen MR) is 116 cm³/mol. The lowest BCUT2D eigenvalue weighted by Gasteiger charge is -2.49. The summed E-state index contributed by atoms with van der Waals surface area (Å²) in [6, 6.07) is 17.0. The van der Waals surface area contributed by atoms with Crippen molar-refractivity contribution in [3.8, 4) is 5.75 Å². The SMILES string of the molecule is COc1ccc2c(c1)N1CCN(c3ccccc3)C[C@H]1[C@H](C(=O)NCC1CC1)C2. The molecule has 0 spiro atoms. The van der Waals surface area contributed by atoms with E-state index in [1.54, 1.807) is 7.11 Å². The molecule has 0 bridgehead atoms. The van der Waals surface area contributed by atoms with Gasteiger partial charge in [0.1, 0.15) is 5.75 Å². The number of nitrogens with one attached hydrogen (secondary N) is 1. The van der Waals surface area contributed by atoms with Gasteiger partial charge in [0.25, 0.3) is 0 Å². The Labute approximate surface area is 172 Å². The number of benzene rings is 2. The quantitative estimate of drug-likeness (QED) is 0.851. The van der Waals surface area contributed by atoms with Crippen LogP contribution in [0.5, 0.6) is 5.75 Å². The molecule has 5 nitrogen and oxygen atoms in total. The molecule has 0 radical (unpaired) electrons. The van der Waals surface area contributed by atoms with Crippen LogP contribution in [0.2, 0.25) is 0 Å². The van der Waals surface area contributed by atoms with Crippen LogP contribution in [0, 0.1) is 11.8 Å². The third kappa shape index (κ3) is 3.66. The van der Waals surface area contributed by atoms with Gasteiger partial charge in [0, 0.05) is 43.6 Å². The van der Waals surface area contributed by atoms with E-state index in [1.165, 1.54) is 29.8 Å². The van der Waals surface area contributed by atoms with E-state index < -0.39 is 0 Å². The molecule has 0 unspecified atom stereocenters. The number of hydrogen-bond donors (Lipinski definition) is 1. The second kappa shape index (κ2) is 7.62. The third-order valence-corrected chi connectivity index (χ3v) is 6.64. The third-order valence-electron chi connectivity index (χ3n) is 6.64. The fraction of sp³-hybridized carbons (Fsp3) is 0.458. The summed E-state index contributed by atoms with van der Waals surface area (Å²) in [5.74, 6) is 1.76. The van der Waals surface area contributed by atoms with Gasteiger partial charge >= 0.3 is 0 Å². The smallest absolute Gasteiger partial charge is 0.225 e. The number of amides is 1. The van der Waals surface area contributed by atoms with Crippen molar-refractivity contribution in [2.45, 2.75) is 25.3 Å². The average molecular weight is 392 g/mol. The van der Waals surface area contributed by atoms with Crippen LogP contribution in [-0.4, -0.2) is 45.2 Å². The second-order valence-electron chi connectivity index (χ2n) is 8.54. The molecule has 1 saturated heterocycles. The molecular weight excluding hydrogens is 362 g/mol. The lowest BCUT2D eigenvalue weighted by molar-refractivity contribution is -0.125. The molecule has 1 saturated carbocycles. The minimum Gasteiger partial charge on any atom is -0.497 e. The van der Waals surface area contributed by atoms with Crippen LogP contribution in [0.1, 0.15) is 18.4 Å². The molecule has 2 aliphatic heterocycles. The molecule has 152 valence electrons. The highest BCUT2D eigenvalue weighted by Gasteiger charge is 2.42. The summed E-state index contributed by atoms with van der Waals surface area (Å²) < 4.78 is 5.48. The number of carbonyl (C=O) groups excluding carboxylic acids is 1. The van der Waals surface area contributed by atoms with E-state index in [-0.39, 0.29) is 17.9 Å². The maximum Gasteiger partial charge on any atom is 0.225 e. The Morgan fingerprint density at radius 1 is 1.14 bits per heavy atom. The van der Waals surface area contributed by atoms with E-state index >= 15 is 0 Å². The maximum absolute atomic E-state index is 13.2. The fourth-order valence-electron chi connectivity index (χ4n) is 4.78. The monoisotopic (exact) mass is 391 g/mol.